The average Bonchev–Trinajstić information content (AvgIpc) is 2.97. The van der Waals surface area contributed by atoms with Gasteiger partial charge in [0.1, 0.15) is 11.8 Å². The fraction of sp³-hybridized carbons (Fsp3) is 0.394. The first kappa shape index (κ1) is 28.7. The van der Waals surface area contributed by atoms with Crippen LogP contribution >= 0.6 is 0 Å². The summed E-state index contributed by atoms with van der Waals surface area (Å²) >= 11 is 0. The van der Waals surface area contributed by atoms with Gasteiger partial charge in [-0.15, -0.1) is 0 Å². The Morgan fingerprint density at radius 3 is 2.46 bits per heavy atom. The first-order valence-corrected chi connectivity index (χ1v) is 14.4. The zero-order valence-corrected chi connectivity index (χ0v) is 22.8. The molecule has 5 rings (SSSR count). The molecule has 0 bridgehead atoms. The van der Waals surface area contributed by atoms with Crippen LogP contribution in [0.3, 0.4) is 0 Å². The quantitative estimate of drug-likeness (QED) is 0.281. The van der Waals surface area contributed by atoms with Crippen LogP contribution in [0.5, 0.6) is 5.75 Å². The van der Waals surface area contributed by atoms with Gasteiger partial charge in [0, 0.05) is 11.1 Å². The van der Waals surface area contributed by atoms with Crippen LogP contribution in [0.1, 0.15) is 84.5 Å². The summed E-state index contributed by atoms with van der Waals surface area (Å²) in [5.41, 5.74) is 1.88. The molecule has 3 N–H and O–H groups in total. The van der Waals surface area contributed by atoms with E-state index in [4.69, 9.17) is 0 Å². The van der Waals surface area contributed by atoms with Crippen molar-refractivity contribution in [2.75, 3.05) is 0 Å². The molecule has 5 nitrogen and oxygen atoms in total. The lowest BCUT2D eigenvalue weighted by atomic mass is 9.84. The van der Waals surface area contributed by atoms with Gasteiger partial charge in [0.05, 0.1) is 11.6 Å². The van der Waals surface area contributed by atoms with Crippen LogP contribution in [0.4, 0.5) is 13.2 Å². The molecule has 2 atom stereocenters. The molecule has 41 heavy (non-hydrogen) atoms. The molecule has 0 saturated heterocycles. The van der Waals surface area contributed by atoms with Crippen LogP contribution in [0, 0.1) is 5.92 Å². The molecule has 8 heteroatoms. The molecule has 216 valence electrons. The number of phenols is 1. The maximum Gasteiger partial charge on any atom is 0.416 e. The van der Waals surface area contributed by atoms with Gasteiger partial charge in [-0.2, -0.15) is 13.2 Å². The Bertz CT molecular complexity index is 1400. The van der Waals surface area contributed by atoms with Gasteiger partial charge in [-0.05, 0) is 78.6 Å². The molecular weight excluding hydrogens is 529 g/mol. The molecule has 0 aliphatic heterocycles. The number of benzene rings is 3. The number of halogens is 3. The second kappa shape index (κ2) is 12.4. The minimum absolute atomic E-state index is 0.107. The highest BCUT2D eigenvalue weighted by atomic mass is 19.4. The Morgan fingerprint density at radius 1 is 0.902 bits per heavy atom. The predicted octanol–water partition coefficient (Wildman–Crippen LogP) is 7.34. The molecule has 0 aromatic heterocycles. The SMILES string of the molecule is O=C(N[C@@H](CC1CCCCC1)C(=O)NC1CCCc2ccccc21)c1ccc(O)c(-c2cccc(C(F)(F)F)c2)c1. The van der Waals surface area contributed by atoms with Crippen molar-refractivity contribution in [2.24, 2.45) is 5.92 Å². The number of hydrogen-bond donors (Lipinski definition) is 3. The van der Waals surface area contributed by atoms with E-state index in [0.717, 1.165) is 62.6 Å². The lowest BCUT2D eigenvalue weighted by molar-refractivity contribution is -0.137. The number of nitrogens with one attached hydrogen (secondary N) is 2. The molecule has 3 aromatic carbocycles. The van der Waals surface area contributed by atoms with Crippen molar-refractivity contribution in [3.8, 4) is 16.9 Å². The minimum Gasteiger partial charge on any atom is -0.507 e. The van der Waals surface area contributed by atoms with Crippen molar-refractivity contribution in [3.63, 3.8) is 0 Å². The first-order chi connectivity index (χ1) is 19.7. The summed E-state index contributed by atoms with van der Waals surface area (Å²) in [5, 5.41) is 16.5. The van der Waals surface area contributed by atoms with Crippen LogP contribution in [-0.4, -0.2) is 23.0 Å². The molecule has 1 fully saturated rings. The zero-order chi connectivity index (χ0) is 29.0. The molecule has 3 aromatic rings. The molecule has 0 heterocycles. The molecule has 2 aliphatic carbocycles. The zero-order valence-electron chi connectivity index (χ0n) is 22.8. The highest BCUT2D eigenvalue weighted by Crippen LogP contribution is 2.36. The third-order valence-corrected chi connectivity index (χ3v) is 8.36. The minimum atomic E-state index is -4.54. The highest BCUT2D eigenvalue weighted by molar-refractivity contribution is 5.99. The molecule has 2 aliphatic rings. The van der Waals surface area contributed by atoms with E-state index in [1.54, 1.807) is 0 Å². The van der Waals surface area contributed by atoms with Gasteiger partial charge in [-0.25, -0.2) is 0 Å². The predicted molar refractivity (Wildman–Crippen MR) is 151 cm³/mol. The van der Waals surface area contributed by atoms with Crippen molar-refractivity contribution in [2.45, 2.75) is 76.0 Å². The Morgan fingerprint density at radius 2 is 1.68 bits per heavy atom. The number of rotatable bonds is 7. The number of fused-ring (bicyclic) bond motifs is 1. The van der Waals surface area contributed by atoms with Gasteiger partial charge < -0.3 is 15.7 Å². The monoisotopic (exact) mass is 564 g/mol. The normalized spacial score (nSPS) is 18.3. The van der Waals surface area contributed by atoms with Gasteiger partial charge in [0.25, 0.3) is 5.91 Å². The van der Waals surface area contributed by atoms with Crippen LogP contribution < -0.4 is 10.6 Å². The number of carbonyl (C=O) groups excluding carboxylic acids is 2. The van der Waals surface area contributed by atoms with E-state index in [9.17, 15) is 27.9 Å². The number of aryl methyl sites for hydroxylation is 1. The summed E-state index contributed by atoms with van der Waals surface area (Å²) in [4.78, 5) is 27.1. The average molecular weight is 565 g/mol. The van der Waals surface area contributed by atoms with Crippen LogP contribution in [-0.2, 0) is 17.4 Å². The molecule has 2 amide bonds. The number of alkyl halides is 3. The van der Waals surface area contributed by atoms with Gasteiger partial charge in [0.2, 0.25) is 5.91 Å². The topological polar surface area (TPSA) is 78.4 Å². The third kappa shape index (κ3) is 6.92. The van der Waals surface area contributed by atoms with E-state index in [1.807, 2.05) is 18.2 Å². The third-order valence-electron chi connectivity index (χ3n) is 8.36. The van der Waals surface area contributed by atoms with Crippen molar-refractivity contribution < 1.29 is 27.9 Å². The molecular formula is C33H35F3N2O3. The number of phenolic OH excluding ortho intramolecular Hbond substituents is 1. The number of carbonyl (C=O) groups is 2. The maximum atomic E-state index is 13.7. The van der Waals surface area contributed by atoms with E-state index in [0.29, 0.717) is 12.3 Å². The number of hydrogen-bond acceptors (Lipinski definition) is 3. The summed E-state index contributed by atoms with van der Waals surface area (Å²) in [6.07, 6.45) is 4.12. The van der Waals surface area contributed by atoms with E-state index >= 15 is 0 Å². The lowest BCUT2D eigenvalue weighted by Gasteiger charge is -2.30. The number of amides is 2. The van der Waals surface area contributed by atoms with Gasteiger partial charge in [0.15, 0.2) is 0 Å². The van der Waals surface area contributed by atoms with E-state index < -0.39 is 23.7 Å². The van der Waals surface area contributed by atoms with Crippen LogP contribution in [0.2, 0.25) is 0 Å². The summed E-state index contributed by atoms with van der Waals surface area (Å²) in [5.74, 6) is -0.673. The molecule has 0 spiro atoms. The van der Waals surface area contributed by atoms with E-state index in [1.165, 1.54) is 42.3 Å². The Kier molecular flexibility index (Phi) is 8.66. The first-order valence-electron chi connectivity index (χ1n) is 14.4. The second-order valence-electron chi connectivity index (χ2n) is 11.2. The van der Waals surface area contributed by atoms with Crippen molar-refractivity contribution in [1.29, 1.82) is 0 Å². The van der Waals surface area contributed by atoms with Gasteiger partial charge in [-0.3, -0.25) is 9.59 Å². The maximum absolute atomic E-state index is 13.7. The van der Waals surface area contributed by atoms with Crippen LogP contribution in [0.25, 0.3) is 11.1 Å². The largest absolute Gasteiger partial charge is 0.507 e. The Balaban J connectivity index is 1.37. The van der Waals surface area contributed by atoms with Gasteiger partial charge in [-0.1, -0.05) is 68.5 Å². The fourth-order valence-corrected chi connectivity index (χ4v) is 6.18. The van der Waals surface area contributed by atoms with Gasteiger partial charge >= 0.3 is 6.18 Å². The summed E-state index contributed by atoms with van der Waals surface area (Å²) < 4.78 is 39.9. The Hall–Kier alpha value is -3.81. The van der Waals surface area contributed by atoms with Crippen LogP contribution in [0.15, 0.2) is 66.7 Å². The lowest BCUT2D eigenvalue weighted by Crippen LogP contribution is -2.49. The summed E-state index contributed by atoms with van der Waals surface area (Å²) in [6.45, 7) is 0. The fourth-order valence-electron chi connectivity index (χ4n) is 6.18. The summed E-state index contributed by atoms with van der Waals surface area (Å²) in [6, 6.07) is 15.9. The molecule has 0 radical (unpaired) electrons. The van der Waals surface area contributed by atoms with E-state index in [-0.39, 0.29) is 34.4 Å². The molecule has 1 saturated carbocycles. The standard InChI is InChI=1S/C33H35F3N2O3/c34-33(35,36)25-13-6-12-23(19-25)27-20-24(16-17-30(27)39)31(40)38-29(18-21-8-2-1-3-9-21)32(41)37-28-15-7-11-22-10-4-5-14-26(22)28/h4-6,10,12-14,16-17,19-21,28-29,39H,1-3,7-9,11,15,18H2,(H,37,41)(H,38,40)/t28?,29-/m0/s1. The van der Waals surface area contributed by atoms with Crippen molar-refractivity contribution >= 4 is 11.8 Å². The van der Waals surface area contributed by atoms with Crippen molar-refractivity contribution in [3.05, 3.63) is 89.0 Å². The Labute approximate surface area is 238 Å². The summed E-state index contributed by atoms with van der Waals surface area (Å²) in [7, 11) is 0. The molecule has 1 unspecified atom stereocenters. The number of aromatic hydroxyl groups is 1. The van der Waals surface area contributed by atoms with E-state index in [2.05, 4.69) is 16.7 Å². The second-order valence-corrected chi connectivity index (χ2v) is 11.2. The van der Waals surface area contributed by atoms with Crippen molar-refractivity contribution in [1.82, 2.24) is 10.6 Å². The smallest absolute Gasteiger partial charge is 0.416 e. The highest BCUT2D eigenvalue weighted by Gasteiger charge is 2.32.